The number of hydrogen-bond acceptors (Lipinski definition) is 7. The van der Waals surface area contributed by atoms with Gasteiger partial charge in [0.2, 0.25) is 10.0 Å². The Balaban J connectivity index is 2.25. The number of hydrogen-bond donors (Lipinski definition) is 1. The quantitative estimate of drug-likeness (QED) is 0.293. The molecule has 35 heavy (non-hydrogen) atoms. The second kappa shape index (κ2) is 11.0. The van der Waals surface area contributed by atoms with Crippen LogP contribution in [-0.2, 0) is 30.8 Å². The number of nitrogens with one attached hydrogen (secondary N) is 1. The highest BCUT2D eigenvalue weighted by atomic mass is 32.2. The third kappa shape index (κ3) is 7.93. The molecule has 2 aromatic carbocycles. The molecule has 0 amide bonds. The van der Waals surface area contributed by atoms with Crippen LogP contribution in [0.3, 0.4) is 0 Å². The largest absolute Gasteiger partial charge is 0.460 e. The van der Waals surface area contributed by atoms with Gasteiger partial charge in [-0.2, -0.15) is 0 Å². The summed E-state index contributed by atoms with van der Waals surface area (Å²) in [7, 11) is -4.40. The molecule has 0 aliphatic carbocycles. The van der Waals surface area contributed by atoms with Crippen molar-refractivity contribution >= 4 is 27.5 Å². The zero-order valence-electron chi connectivity index (χ0n) is 20.2. The normalized spacial score (nSPS) is 13.7. The molecule has 1 N–H and O–H groups in total. The number of nitro benzene ring substituents is 1. The molecule has 0 radical (unpaired) electrons. The van der Waals surface area contributed by atoms with Gasteiger partial charge in [-0.15, -0.1) is 0 Å². The lowest BCUT2D eigenvalue weighted by molar-refractivity contribution is -0.387. The predicted molar refractivity (Wildman–Crippen MR) is 127 cm³/mol. The van der Waals surface area contributed by atoms with Gasteiger partial charge in [-0.1, -0.05) is 24.3 Å². The van der Waals surface area contributed by atoms with E-state index in [-0.39, 0.29) is 12.8 Å². The molecule has 9 nitrogen and oxygen atoms in total. The zero-order valence-corrected chi connectivity index (χ0v) is 21.0. The summed E-state index contributed by atoms with van der Waals surface area (Å²) >= 11 is 0. The fourth-order valence-corrected chi connectivity index (χ4v) is 4.76. The second-order valence-corrected chi connectivity index (χ2v) is 10.9. The minimum Gasteiger partial charge on any atom is -0.460 e. The molecule has 0 spiro atoms. The van der Waals surface area contributed by atoms with Gasteiger partial charge < -0.3 is 4.74 Å². The van der Waals surface area contributed by atoms with E-state index >= 15 is 0 Å². The molecular formula is C24H29FN2O7S. The number of benzene rings is 2. The predicted octanol–water partition coefficient (Wildman–Crippen LogP) is 3.87. The number of aryl methyl sites for hydroxylation is 1. The van der Waals surface area contributed by atoms with E-state index < -0.39 is 60.7 Å². The highest BCUT2D eigenvalue weighted by Crippen LogP contribution is 2.24. The summed E-state index contributed by atoms with van der Waals surface area (Å²) in [6, 6.07) is 7.83. The van der Waals surface area contributed by atoms with Crippen molar-refractivity contribution in [3.05, 3.63) is 69.5 Å². The van der Waals surface area contributed by atoms with Crippen molar-refractivity contribution < 1.29 is 32.1 Å². The van der Waals surface area contributed by atoms with Gasteiger partial charge in [0.15, 0.2) is 10.7 Å². The van der Waals surface area contributed by atoms with Crippen LogP contribution < -0.4 is 4.72 Å². The lowest BCUT2D eigenvalue weighted by Crippen LogP contribution is -2.40. The molecule has 0 fully saturated rings. The van der Waals surface area contributed by atoms with E-state index in [4.69, 9.17) is 4.74 Å². The second-order valence-electron chi connectivity index (χ2n) is 9.26. The molecule has 0 bridgehead atoms. The monoisotopic (exact) mass is 508 g/mol. The molecule has 0 heterocycles. The fraction of sp³-hybridized carbons (Fsp3) is 0.417. The van der Waals surface area contributed by atoms with Crippen LogP contribution in [0.15, 0.2) is 47.4 Å². The van der Waals surface area contributed by atoms with Gasteiger partial charge in [0.1, 0.15) is 11.4 Å². The van der Waals surface area contributed by atoms with Crippen molar-refractivity contribution in [1.29, 1.82) is 0 Å². The Hall–Kier alpha value is -3.18. The maximum atomic E-state index is 13.7. The van der Waals surface area contributed by atoms with Crippen molar-refractivity contribution in [2.45, 2.75) is 64.0 Å². The van der Waals surface area contributed by atoms with Crippen molar-refractivity contribution in [2.24, 2.45) is 5.92 Å². The number of ketones is 1. The Morgan fingerprint density at radius 2 is 1.80 bits per heavy atom. The molecule has 0 aliphatic rings. The number of nitro groups is 1. The van der Waals surface area contributed by atoms with E-state index in [2.05, 4.69) is 4.72 Å². The topological polar surface area (TPSA) is 133 Å². The van der Waals surface area contributed by atoms with Gasteiger partial charge in [-0.25, -0.2) is 17.5 Å². The number of Topliss-reactive ketones (excluding diaryl/α,β-unsaturated/α-hetero) is 1. The molecule has 2 aromatic rings. The fourth-order valence-electron chi connectivity index (χ4n) is 3.36. The van der Waals surface area contributed by atoms with Gasteiger partial charge in [0.25, 0.3) is 5.69 Å². The number of halogens is 1. The molecule has 0 aromatic heterocycles. The van der Waals surface area contributed by atoms with Crippen LogP contribution in [-0.4, -0.2) is 36.7 Å². The van der Waals surface area contributed by atoms with Crippen LogP contribution >= 0.6 is 0 Å². The highest BCUT2D eigenvalue weighted by molar-refractivity contribution is 7.89. The first-order chi connectivity index (χ1) is 16.1. The smallest absolute Gasteiger partial charge is 0.310 e. The Bertz CT molecular complexity index is 1220. The van der Waals surface area contributed by atoms with E-state index in [0.29, 0.717) is 11.1 Å². The van der Waals surface area contributed by atoms with E-state index in [9.17, 15) is 32.5 Å². The van der Waals surface area contributed by atoms with Gasteiger partial charge >= 0.3 is 5.97 Å². The van der Waals surface area contributed by atoms with Gasteiger partial charge in [-0.05, 0) is 64.3 Å². The third-order valence-corrected chi connectivity index (χ3v) is 6.65. The highest BCUT2D eigenvalue weighted by Gasteiger charge is 2.32. The summed E-state index contributed by atoms with van der Waals surface area (Å²) in [6.45, 7) is 7.90. The summed E-state index contributed by atoms with van der Waals surface area (Å²) < 4.78 is 46.7. The molecule has 0 unspecified atom stereocenters. The first-order valence-corrected chi connectivity index (χ1v) is 12.4. The Morgan fingerprint density at radius 1 is 1.17 bits per heavy atom. The number of sulfonamides is 1. The Morgan fingerprint density at radius 3 is 2.37 bits per heavy atom. The minimum absolute atomic E-state index is 0.0748. The van der Waals surface area contributed by atoms with E-state index in [0.717, 1.165) is 12.1 Å². The standard InChI is InChI=1S/C24H29FN2O7S/c1-15-12-17(10-11-19(15)25)13-18(23(29)34-24(3,4)5)14-21(28)16(2)26-35(32,33)22-9-7-6-8-20(22)27(30)31/h6-12,16,18,26H,13-14H2,1-5H3/t16-,18+/m0/s1. The molecule has 0 saturated heterocycles. The van der Waals surface area contributed by atoms with E-state index in [1.54, 1.807) is 33.8 Å². The van der Waals surface area contributed by atoms with Gasteiger partial charge in [0, 0.05) is 12.5 Å². The van der Waals surface area contributed by atoms with E-state index in [1.807, 2.05) is 0 Å². The van der Waals surface area contributed by atoms with Crippen LogP contribution in [0.2, 0.25) is 0 Å². The number of carbonyl (C=O) groups is 2. The van der Waals surface area contributed by atoms with E-state index in [1.165, 1.54) is 31.2 Å². The number of nitrogens with zero attached hydrogens (tertiary/aromatic N) is 1. The Kier molecular flexibility index (Phi) is 8.85. The van der Waals surface area contributed by atoms with Crippen LogP contribution in [0, 0.1) is 28.8 Å². The number of carbonyl (C=O) groups excluding carboxylic acids is 2. The van der Waals surface area contributed by atoms with Crippen molar-refractivity contribution in [2.75, 3.05) is 0 Å². The summed E-state index contributed by atoms with van der Waals surface area (Å²) in [4.78, 5) is 35.6. The van der Waals surface area contributed by atoms with Gasteiger partial charge in [0.05, 0.1) is 16.9 Å². The average Bonchev–Trinajstić information content (AvgIpc) is 2.74. The molecular weight excluding hydrogens is 479 g/mol. The summed E-state index contributed by atoms with van der Waals surface area (Å²) in [6.07, 6.45) is -0.280. The molecule has 2 atom stereocenters. The molecule has 0 aliphatic heterocycles. The third-order valence-electron chi connectivity index (χ3n) is 5.06. The lowest BCUT2D eigenvalue weighted by atomic mass is 9.92. The molecule has 11 heteroatoms. The number of rotatable bonds is 10. The zero-order chi connectivity index (χ0) is 26.6. The summed E-state index contributed by atoms with van der Waals surface area (Å²) in [5.74, 6) is -2.62. The Labute approximate surface area is 203 Å². The number of esters is 1. The average molecular weight is 509 g/mol. The molecule has 0 saturated carbocycles. The minimum atomic E-state index is -4.40. The number of para-hydroxylation sites is 1. The van der Waals surface area contributed by atoms with Crippen LogP contribution in [0.25, 0.3) is 0 Å². The van der Waals surface area contributed by atoms with Gasteiger partial charge in [-0.3, -0.25) is 19.7 Å². The maximum Gasteiger partial charge on any atom is 0.310 e. The summed E-state index contributed by atoms with van der Waals surface area (Å²) in [5.41, 5.74) is -0.461. The maximum absolute atomic E-state index is 13.7. The summed E-state index contributed by atoms with van der Waals surface area (Å²) in [5, 5.41) is 11.2. The van der Waals surface area contributed by atoms with Crippen molar-refractivity contribution in [1.82, 2.24) is 4.72 Å². The number of ether oxygens (including phenoxy) is 1. The first-order valence-electron chi connectivity index (χ1n) is 10.9. The molecule has 190 valence electrons. The first kappa shape index (κ1) is 28.1. The van der Waals surface area contributed by atoms with Crippen LogP contribution in [0.5, 0.6) is 0 Å². The van der Waals surface area contributed by atoms with Crippen LogP contribution in [0.1, 0.15) is 45.2 Å². The van der Waals surface area contributed by atoms with Crippen molar-refractivity contribution in [3.8, 4) is 0 Å². The lowest BCUT2D eigenvalue weighted by Gasteiger charge is -2.24. The van der Waals surface area contributed by atoms with Crippen LogP contribution in [0.4, 0.5) is 10.1 Å². The van der Waals surface area contributed by atoms with Crippen molar-refractivity contribution in [3.63, 3.8) is 0 Å². The molecule has 2 rings (SSSR count). The SMILES string of the molecule is Cc1cc(C[C@H](CC(=O)[C@H](C)NS(=O)(=O)c2ccccc2[N+](=O)[O-])C(=O)OC(C)(C)C)ccc1F.